The molecule has 0 saturated carbocycles. The topological polar surface area (TPSA) is 111 Å². The van der Waals surface area contributed by atoms with E-state index < -0.39 is 5.91 Å². The number of nitrogens with two attached hydrogens (primary N) is 2. The summed E-state index contributed by atoms with van der Waals surface area (Å²) in [5.41, 5.74) is 18.1. The summed E-state index contributed by atoms with van der Waals surface area (Å²) in [7, 11) is 0. The number of nitrogen functional groups attached to an aromatic ring is 1. The maximum absolute atomic E-state index is 13.3. The number of nitrogens with zero attached hydrogens (tertiary/aromatic N) is 1. The average molecular weight is 525 g/mol. The lowest BCUT2D eigenvalue weighted by atomic mass is 9.82. The fourth-order valence-corrected chi connectivity index (χ4v) is 7.01. The molecule has 5 N–H and O–H groups in total. The number of nitrogens with one attached hydrogen (secondary N) is 1. The van der Waals surface area contributed by atoms with Crippen molar-refractivity contribution < 1.29 is 9.59 Å². The van der Waals surface area contributed by atoms with E-state index >= 15 is 0 Å². The summed E-state index contributed by atoms with van der Waals surface area (Å²) < 4.78 is 0. The fourth-order valence-electron chi connectivity index (χ4n) is 5.05. The van der Waals surface area contributed by atoms with Crippen LogP contribution in [-0.2, 0) is 12.8 Å². The summed E-state index contributed by atoms with van der Waals surface area (Å²) in [5.74, 6) is -0.521. The third-order valence-corrected chi connectivity index (χ3v) is 8.92. The molecule has 0 saturated heterocycles. The van der Waals surface area contributed by atoms with E-state index in [9.17, 15) is 9.59 Å². The van der Waals surface area contributed by atoms with Crippen LogP contribution in [0.1, 0.15) is 49.2 Å². The first-order chi connectivity index (χ1) is 18.0. The standard InChI is InChI=1S/C29H24N4O2S2/c30-24-20-14-19-13-18(16-7-3-1-4-8-16)11-12-22(19)32-28(20)37-25(24)27(35)33-29-23(26(31)34)21(15-36-29)17-9-5-2-6-10-17/h1-10,14-15,18H,11-13,30H2,(H2,31,34)(H,33,35). The maximum atomic E-state index is 13.3. The molecule has 37 heavy (non-hydrogen) atoms. The molecule has 0 radical (unpaired) electrons. The van der Waals surface area contributed by atoms with Gasteiger partial charge in [-0.2, -0.15) is 0 Å². The van der Waals surface area contributed by atoms with Gasteiger partial charge in [0.25, 0.3) is 11.8 Å². The SMILES string of the molecule is NC(=O)c1c(-c2ccccc2)csc1NC(=O)c1sc2nc3c(cc2c1N)CC(c1ccccc1)CC3. The number of hydrogen-bond acceptors (Lipinski definition) is 6. The van der Waals surface area contributed by atoms with Gasteiger partial charge in [0, 0.05) is 22.0 Å². The monoisotopic (exact) mass is 524 g/mol. The Labute approximate surface area is 222 Å². The van der Waals surface area contributed by atoms with Crippen molar-refractivity contribution >= 4 is 55.4 Å². The van der Waals surface area contributed by atoms with Crippen molar-refractivity contribution in [1.82, 2.24) is 4.98 Å². The van der Waals surface area contributed by atoms with E-state index in [0.717, 1.165) is 40.7 Å². The minimum Gasteiger partial charge on any atom is -0.397 e. The zero-order chi connectivity index (χ0) is 25.5. The third-order valence-electron chi connectivity index (χ3n) is 6.91. The molecular weight excluding hydrogens is 500 g/mol. The van der Waals surface area contributed by atoms with Crippen molar-refractivity contribution in [2.45, 2.75) is 25.2 Å². The number of hydrogen-bond donors (Lipinski definition) is 3. The van der Waals surface area contributed by atoms with Crippen LogP contribution in [0, 0.1) is 0 Å². The van der Waals surface area contributed by atoms with Crippen LogP contribution in [0.2, 0.25) is 0 Å². The highest BCUT2D eigenvalue weighted by molar-refractivity contribution is 7.21. The van der Waals surface area contributed by atoms with Gasteiger partial charge >= 0.3 is 0 Å². The Balaban J connectivity index is 1.31. The number of pyridine rings is 1. The molecule has 5 aromatic rings. The summed E-state index contributed by atoms with van der Waals surface area (Å²) in [6.45, 7) is 0. The lowest BCUT2D eigenvalue weighted by Crippen LogP contribution is -2.17. The number of primary amides is 1. The zero-order valence-electron chi connectivity index (χ0n) is 19.9. The van der Waals surface area contributed by atoms with Gasteiger partial charge in [-0.25, -0.2) is 4.98 Å². The lowest BCUT2D eigenvalue weighted by Gasteiger charge is -2.24. The predicted molar refractivity (Wildman–Crippen MR) is 151 cm³/mol. The minimum absolute atomic E-state index is 0.296. The zero-order valence-corrected chi connectivity index (χ0v) is 21.5. The number of fused-ring (bicyclic) bond motifs is 2. The van der Waals surface area contributed by atoms with Crippen molar-refractivity contribution in [3.63, 3.8) is 0 Å². The number of carbonyl (C=O) groups is 2. The Hall–Kier alpha value is -4.01. The summed E-state index contributed by atoms with van der Waals surface area (Å²) in [4.78, 5) is 31.7. The molecule has 1 atom stereocenters. The Morgan fingerprint density at radius 1 is 1.03 bits per heavy atom. The largest absolute Gasteiger partial charge is 0.397 e. The van der Waals surface area contributed by atoms with Crippen LogP contribution in [0.3, 0.4) is 0 Å². The van der Waals surface area contributed by atoms with Crippen molar-refractivity contribution in [1.29, 1.82) is 0 Å². The van der Waals surface area contributed by atoms with E-state index in [1.165, 1.54) is 33.8 Å². The Morgan fingerprint density at radius 3 is 2.49 bits per heavy atom. The molecule has 8 heteroatoms. The molecule has 0 spiro atoms. The fraction of sp³-hybridized carbons (Fsp3) is 0.138. The summed E-state index contributed by atoms with van der Waals surface area (Å²) in [6, 6.07) is 22.1. The maximum Gasteiger partial charge on any atom is 0.268 e. The summed E-state index contributed by atoms with van der Waals surface area (Å²) in [6.07, 6.45) is 2.84. The second kappa shape index (κ2) is 9.46. The van der Waals surface area contributed by atoms with E-state index in [1.807, 2.05) is 41.8 Å². The predicted octanol–water partition coefficient (Wildman–Crippen LogP) is 6.23. The molecule has 0 aliphatic heterocycles. The van der Waals surface area contributed by atoms with Gasteiger partial charge in [0.1, 0.15) is 14.7 Å². The molecule has 2 amide bonds. The van der Waals surface area contributed by atoms with Gasteiger partial charge in [0.05, 0.1) is 11.3 Å². The molecule has 2 aromatic carbocycles. The van der Waals surface area contributed by atoms with Gasteiger partial charge in [-0.1, -0.05) is 60.7 Å². The molecule has 3 heterocycles. The molecule has 6 nitrogen and oxygen atoms in total. The molecule has 1 aliphatic rings. The third kappa shape index (κ3) is 4.28. The number of benzene rings is 2. The average Bonchev–Trinajstić information content (AvgIpc) is 3.49. The van der Waals surface area contributed by atoms with Crippen LogP contribution < -0.4 is 16.8 Å². The molecule has 1 aliphatic carbocycles. The smallest absolute Gasteiger partial charge is 0.268 e. The van der Waals surface area contributed by atoms with Crippen molar-refractivity contribution in [3.8, 4) is 11.1 Å². The Bertz CT molecular complexity index is 1640. The second-order valence-corrected chi connectivity index (χ2v) is 11.1. The summed E-state index contributed by atoms with van der Waals surface area (Å²) in [5, 5.41) is 5.92. The molecule has 6 rings (SSSR count). The van der Waals surface area contributed by atoms with Crippen molar-refractivity contribution in [2.75, 3.05) is 11.1 Å². The van der Waals surface area contributed by atoms with Crippen LogP contribution in [0.5, 0.6) is 0 Å². The molecule has 184 valence electrons. The van der Waals surface area contributed by atoms with E-state index in [-0.39, 0.29) is 5.91 Å². The van der Waals surface area contributed by atoms with Crippen LogP contribution in [0.25, 0.3) is 21.3 Å². The lowest BCUT2D eigenvalue weighted by molar-refractivity contribution is 0.100. The van der Waals surface area contributed by atoms with Gasteiger partial charge in [-0.05, 0) is 47.9 Å². The number of amides is 2. The number of thiophene rings is 2. The number of aryl methyl sites for hydroxylation is 1. The highest BCUT2D eigenvalue weighted by Crippen LogP contribution is 2.40. The molecule has 1 unspecified atom stereocenters. The van der Waals surface area contributed by atoms with Gasteiger partial charge in [0.15, 0.2) is 0 Å². The second-order valence-electron chi connectivity index (χ2n) is 9.18. The van der Waals surface area contributed by atoms with Crippen molar-refractivity contribution in [3.05, 3.63) is 99.4 Å². The summed E-state index contributed by atoms with van der Waals surface area (Å²) >= 11 is 2.55. The van der Waals surface area contributed by atoms with Gasteiger partial charge in [-0.3, -0.25) is 9.59 Å². The van der Waals surface area contributed by atoms with E-state index in [2.05, 4.69) is 35.6 Å². The number of rotatable bonds is 5. The number of carbonyl (C=O) groups excluding carboxylic acids is 2. The van der Waals surface area contributed by atoms with Gasteiger partial charge < -0.3 is 16.8 Å². The Kier molecular flexibility index (Phi) is 5.98. The Morgan fingerprint density at radius 2 is 1.76 bits per heavy atom. The quantitative estimate of drug-likeness (QED) is 0.253. The number of anilines is 2. The minimum atomic E-state index is -0.595. The highest BCUT2D eigenvalue weighted by Gasteiger charge is 2.26. The molecular formula is C29H24N4O2S2. The van der Waals surface area contributed by atoms with Crippen molar-refractivity contribution in [2.24, 2.45) is 5.73 Å². The number of aromatic nitrogens is 1. The van der Waals surface area contributed by atoms with Crippen LogP contribution in [-0.4, -0.2) is 16.8 Å². The molecule has 0 fully saturated rings. The first-order valence-corrected chi connectivity index (χ1v) is 13.7. The first kappa shape index (κ1) is 23.4. The van der Waals surface area contributed by atoms with Crippen LogP contribution in [0.15, 0.2) is 72.1 Å². The van der Waals surface area contributed by atoms with E-state index in [0.29, 0.717) is 32.6 Å². The van der Waals surface area contributed by atoms with E-state index in [1.54, 1.807) is 0 Å². The molecule has 3 aromatic heterocycles. The van der Waals surface area contributed by atoms with E-state index in [4.69, 9.17) is 16.5 Å². The molecule has 0 bridgehead atoms. The van der Waals surface area contributed by atoms with Gasteiger partial charge in [0.2, 0.25) is 0 Å². The van der Waals surface area contributed by atoms with Crippen LogP contribution >= 0.6 is 22.7 Å². The van der Waals surface area contributed by atoms with Gasteiger partial charge in [-0.15, -0.1) is 22.7 Å². The van der Waals surface area contributed by atoms with Crippen LogP contribution in [0.4, 0.5) is 10.7 Å². The normalized spacial score (nSPS) is 14.9. The highest BCUT2D eigenvalue weighted by atomic mass is 32.1. The first-order valence-electron chi connectivity index (χ1n) is 12.0.